The van der Waals surface area contributed by atoms with Crippen LogP contribution in [0.1, 0.15) is 42.8 Å². The Labute approximate surface area is 129 Å². The van der Waals surface area contributed by atoms with Gasteiger partial charge in [0.05, 0.1) is 11.6 Å². The summed E-state index contributed by atoms with van der Waals surface area (Å²) in [6.07, 6.45) is -4.33. The lowest BCUT2D eigenvalue weighted by Crippen LogP contribution is -2.22. The van der Waals surface area contributed by atoms with Gasteiger partial charge < -0.3 is 9.73 Å². The van der Waals surface area contributed by atoms with Crippen molar-refractivity contribution in [3.63, 3.8) is 0 Å². The fourth-order valence-electron chi connectivity index (χ4n) is 2.10. The Kier molecular flexibility index (Phi) is 4.78. The lowest BCUT2D eigenvalue weighted by Gasteiger charge is -2.20. The third kappa shape index (κ3) is 4.11. The van der Waals surface area contributed by atoms with Crippen LogP contribution in [0, 0.1) is 0 Å². The second kappa shape index (κ2) is 6.23. The van der Waals surface area contributed by atoms with Gasteiger partial charge in [-0.3, -0.25) is 0 Å². The van der Waals surface area contributed by atoms with Crippen molar-refractivity contribution in [3.8, 4) is 0 Å². The molecule has 1 aromatic heterocycles. The fourth-order valence-corrected chi connectivity index (χ4v) is 2.42. The molecular formula is C15H15BrF3NO. The number of benzene rings is 1. The monoisotopic (exact) mass is 361 g/mol. The molecule has 1 aromatic carbocycles. The van der Waals surface area contributed by atoms with Crippen molar-refractivity contribution in [3.05, 3.63) is 58.0 Å². The maximum atomic E-state index is 12.7. The van der Waals surface area contributed by atoms with Crippen LogP contribution in [0.2, 0.25) is 0 Å². The number of nitrogens with one attached hydrogen (secondary N) is 1. The SMILES string of the molecule is CC(NC(C)c1ccc(Br)o1)c1cccc(C(F)(F)F)c1. The van der Waals surface area contributed by atoms with Gasteiger partial charge in [0.15, 0.2) is 4.67 Å². The molecule has 0 aliphatic carbocycles. The van der Waals surface area contributed by atoms with E-state index in [-0.39, 0.29) is 12.1 Å². The van der Waals surface area contributed by atoms with Crippen LogP contribution in [0.3, 0.4) is 0 Å². The lowest BCUT2D eigenvalue weighted by molar-refractivity contribution is -0.137. The molecule has 0 radical (unpaired) electrons. The summed E-state index contributed by atoms with van der Waals surface area (Å²) in [4.78, 5) is 0. The Morgan fingerprint density at radius 2 is 1.81 bits per heavy atom. The van der Waals surface area contributed by atoms with Gasteiger partial charge in [0.25, 0.3) is 0 Å². The summed E-state index contributed by atoms with van der Waals surface area (Å²) < 4.78 is 44.2. The molecule has 114 valence electrons. The van der Waals surface area contributed by atoms with Crippen LogP contribution < -0.4 is 5.32 Å². The van der Waals surface area contributed by atoms with Crippen molar-refractivity contribution in [2.24, 2.45) is 0 Å². The molecule has 2 nitrogen and oxygen atoms in total. The Balaban J connectivity index is 2.11. The minimum absolute atomic E-state index is 0.110. The van der Waals surface area contributed by atoms with Gasteiger partial charge in [-0.15, -0.1) is 0 Å². The molecule has 6 heteroatoms. The van der Waals surface area contributed by atoms with Crippen molar-refractivity contribution in [2.45, 2.75) is 32.1 Å². The van der Waals surface area contributed by atoms with Crippen LogP contribution >= 0.6 is 15.9 Å². The average molecular weight is 362 g/mol. The number of hydrogen-bond acceptors (Lipinski definition) is 2. The molecule has 0 aliphatic heterocycles. The molecule has 2 atom stereocenters. The van der Waals surface area contributed by atoms with Gasteiger partial charge in [-0.2, -0.15) is 13.2 Å². The zero-order valence-corrected chi connectivity index (χ0v) is 13.1. The molecule has 1 N–H and O–H groups in total. The van der Waals surface area contributed by atoms with Gasteiger partial charge in [-0.25, -0.2) is 0 Å². The Bertz CT molecular complexity index is 609. The third-order valence-corrected chi connectivity index (χ3v) is 3.66. The molecule has 0 amide bonds. The highest BCUT2D eigenvalue weighted by molar-refractivity contribution is 9.10. The Hall–Kier alpha value is -1.27. The predicted molar refractivity (Wildman–Crippen MR) is 77.8 cm³/mol. The summed E-state index contributed by atoms with van der Waals surface area (Å²) in [7, 11) is 0. The van der Waals surface area contributed by atoms with E-state index in [2.05, 4.69) is 21.2 Å². The van der Waals surface area contributed by atoms with Crippen molar-refractivity contribution >= 4 is 15.9 Å². The lowest BCUT2D eigenvalue weighted by atomic mass is 10.0. The third-order valence-electron chi connectivity index (χ3n) is 3.23. The maximum Gasteiger partial charge on any atom is 0.416 e. The van der Waals surface area contributed by atoms with Crippen molar-refractivity contribution in [1.29, 1.82) is 0 Å². The minimum atomic E-state index is -4.33. The summed E-state index contributed by atoms with van der Waals surface area (Å²) in [6.45, 7) is 3.72. The van der Waals surface area contributed by atoms with Crippen molar-refractivity contribution in [1.82, 2.24) is 5.32 Å². The fraction of sp³-hybridized carbons (Fsp3) is 0.333. The first-order valence-electron chi connectivity index (χ1n) is 6.46. The minimum Gasteiger partial charge on any atom is -0.453 e. The van der Waals surface area contributed by atoms with Gasteiger partial charge in [0, 0.05) is 6.04 Å². The van der Waals surface area contributed by atoms with E-state index in [4.69, 9.17) is 4.42 Å². The highest BCUT2D eigenvalue weighted by Gasteiger charge is 2.30. The second-order valence-corrected chi connectivity index (χ2v) is 5.66. The molecule has 2 aromatic rings. The predicted octanol–water partition coefficient (Wildman–Crippen LogP) is 5.47. The Morgan fingerprint density at radius 3 is 2.38 bits per heavy atom. The first-order valence-corrected chi connectivity index (χ1v) is 7.25. The van der Waals surface area contributed by atoms with Crippen LogP contribution in [-0.4, -0.2) is 0 Å². The maximum absolute atomic E-state index is 12.7. The Morgan fingerprint density at radius 1 is 1.10 bits per heavy atom. The van der Waals surface area contributed by atoms with Crippen LogP contribution in [0.25, 0.3) is 0 Å². The van der Waals surface area contributed by atoms with Gasteiger partial charge in [-0.1, -0.05) is 12.1 Å². The topological polar surface area (TPSA) is 25.2 Å². The molecule has 21 heavy (non-hydrogen) atoms. The van der Waals surface area contributed by atoms with Gasteiger partial charge in [0.2, 0.25) is 0 Å². The zero-order chi connectivity index (χ0) is 15.6. The number of rotatable bonds is 4. The summed E-state index contributed by atoms with van der Waals surface area (Å²) in [5.41, 5.74) is -0.0515. The van der Waals surface area contributed by atoms with Gasteiger partial charge in [-0.05, 0) is 59.6 Å². The standard InChI is InChI=1S/C15H15BrF3NO/c1-9(20-10(2)13-6-7-14(16)21-13)11-4-3-5-12(8-11)15(17,18)19/h3-10,20H,1-2H3. The van der Waals surface area contributed by atoms with E-state index in [1.54, 1.807) is 12.1 Å². The molecule has 0 saturated heterocycles. The van der Waals surface area contributed by atoms with Gasteiger partial charge in [0.1, 0.15) is 5.76 Å². The van der Waals surface area contributed by atoms with E-state index in [0.29, 0.717) is 10.2 Å². The summed E-state index contributed by atoms with van der Waals surface area (Å²) in [5.74, 6) is 0.723. The molecule has 0 aliphatic rings. The van der Waals surface area contributed by atoms with E-state index in [0.717, 1.165) is 11.8 Å². The summed E-state index contributed by atoms with van der Waals surface area (Å²) >= 11 is 3.22. The largest absolute Gasteiger partial charge is 0.453 e. The number of furan rings is 1. The summed E-state index contributed by atoms with van der Waals surface area (Å²) in [5, 5.41) is 3.22. The van der Waals surface area contributed by atoms with Gasteiger partial charge >= 0.3 is 6.18 Å². The normalized spacial score (nSPS) is 15.0. The molecule has 0 fully saturated rings. The van der Waals surface area contributed by atoms with E-state index >= 15 is 0 Å². The molecule has 0 bridgehead atoms. The first-order chi connectivity index (χ1) is 9.77. The van der Waals surface area contributed by atoms with Crippen molar-refractivity contribution < 1.29 is 17.6 Å². The number of alkyl halides is 3. The quantitative estimate of drug-likeness (QED) is 0.780. The molecular weight excluding hydrogens is 347 g/mol. The highest BCUT2D eigenvalue weighted by Crippen LogP contribution is 2.31. The van der Waals surface area contributed by atoms with Crippen LogP contribution in [0.4, 0.5) is 13.2 Å². The molecule has 2 unspecified atom stereocenters. The van der Waals surface area contributed by atoms with Crippen LogP contribution in [-0.2, 0) is 6.18 Å². The van der Waals surface area contributed by atoms with Crippen LogP contribution in [0.15, 0.2) is 45.5 Å². The van der Waals surface area contributed by atoms with Crippen molar-refractivity contribution in [2.75, 3.05) is 0 Å². The zero-order valence-electron chi connectivity index (χ0n) is 11.5. The van der Waals surface area contributed by atoms with E-state index in [1.807, 2.05) is 19.9 Å². The second-order valence-electron chi connectivity index (χ2n) is 4.88. The number of halogens is 4. The van der Waals surface area contributed by atoms with Crippen LogP contribution in [0.5, 0.6) is 0 Å². The molecule has 1 heterocycles. The first kappa shape index (κ1) is 16.1. The molecule has 0 spiro atoms. The number of hydrogen-bond donors (Lipinski definition) is 1. The van der Waals surface area contributed by atoms with E-state index in [1.165, 1.54) is 12.1 Å². The van der Waals surface area contributed by atoms with E-state index < -0.39 is 11.7 Å². The molecule has 0 saturated carbocycles. The smallest absolute Gasteiger partial charge is 0.416 e. The van der Waals surface area contributed by atoms with E-state index in [9.17, 15) is 13.2 Å². The molecule has 2 rings (SSSR count). The summed E-state index contributed by atoms with van der Waals surface area (Å²) in [6, 6.07) is 8.60. The average Bonchev–Trinajstić information content (AvgIpc) is 2.84. The highest BCUT2D eigenvalue weighted by atomic mass is 79.9.